The Balaban J connectivity index is 2.51. The Kier molecular flexibility index (Phi) is 3.35. The molecule has 1 atom stereocenters. The lowest BCUT2D eigenvalue weighted by Gasteiger charge is -2.06. The van der Waals surface area contributed by atoms with Gasteiger partial charge in [0, 0.05) is 40.8 Å². The largest absolute Gasteiger partial charge is 0.345 e. The number of nitriles is 1. The Morgan fingerprint density at radius 2 is 2.35 bits per heavy atom. The number of nitrogens with one attached hydrogen (secondary N) is 1. The number of aromatic nitrogens is 2. The third kappa shape index (κ3) is 2.60. The maximum atomic E-state index is 11.3. The van der Waals surface area contributed by atoms with Crippen molar-refractivity contribution in [1.29, 1.82) is 5.26 Å². The topological polar surface area (TPSA) is 69.5 Å². The summed E-state index contributed by atoms with van der Waals surface area (Å²) in [5.74, 6) is 1.15. The van der Waals surface area contributed by atoms with Gasteiger partial charge in [-0.15, -0.1) is 0 Å². The molecule has 1 heterocycles. The predicted octanol–water partition coefficient (Wildman–Crippen LogP) is 1.83. The average molecular weight is 245 g/mol. The van der Waals surface area contributed by atoms with Crippen LogP contribution < -0.4 is 0 Å². The molecule has 1 aromatic heterocycles. The van der Waals surface area contributed by atoms with Crippen LogP contribution in [0.25, 0.3) is 11.4 Å². The molecule has 0 radical (unpaired) electrons. The predicted molar refractivity (Wildman–Crippen MR) is 66.5 cm³/mol. The number of rotatable bonds is 3. The summed E-state index contributed by atoms with van der Waals surface area (Å²) in [6, 6.07) is 7.42. The molecule has 0 amide bonds. The number of imidazole rings is 1. The van der Waals surface area contributed by atoms with Gasteiger partial charge < -0.3 is 4.98 Å². The van der Waals surface area contributed by atoms with E-state index in [9.17, 15) is 4.21 Å². The first-order valence-corrected chi connectivity index (χ1v) is 6.76. The molecule has 2 aromatic rings. The van der Waals surface area contributed by atoms with Gasteiger partial charge in [0.05, 0.1) is 11.6 Å². The zero-order valence-electron chi connectivity index (χ0n) is 9.30. The summed E-state index contributed by atoms with van der Waals surface area (Å²) in [6.45, 7) is 0. The van der Waals surface area contributed by atoms with E-state index in [1.165, 1.54) is 0 Å². The molecular weight excluding hydrogens is 234 g/mol. The summed E-state index contributed by atoms with van der Waals surface area (Å²) in [6.07, 6.45) is 5.05. The molecule has 0 saturated carbocycles. The van der Waals surface area contributed by atoms with E-state index in [1.807, 2.05) is 6.07 Å². The van der Waals surface area contributed by atoms with E-state index in [4.69, 9.17) is 5.26 Å². The van der Waals surface area contributed by atoms with Gasteiger partial charge in [0.1, 0.15) is 5.82 Å². The SMILES string of the molecule is CS(=O)Cc1cc(C#N)ccc1-c1ncc[nH]1. The average Bonchev–Trinajstić information content (AvgIpc) is 2.81. The highest BCUT2D eigenvalue weighted by atomic mass is 32.2. The van der Waals surface area contributed by atoms with E-state index in [2.05, 4.69) is 16.0 Å². The molecule has 2 rings (SSSR count). The van der Waals surface area contributed by atoms with Gasteiger partial charge in [-0.2, -0.15) is 5.26 Å². The molecule has 1 N–H and O–H groups in total. The summed E-state index contributed by atoms with van der Waals surface area (Å²) < 4.78 is 11.3. The maximum Gasteiger partial charge on any atom is 0.137 e. The van der Waals surface area contributed by atoms with Crippen LogP contribution in [0.2, 0.25) is 0 Å². The fourth-order valence-corrected chi connectivity index (χ4v) is 2.32. The number of H-pyrrole nitrogens is 1. The van der Waals surface area contributed by atoms with Crippen molar-refractivity contribution in [2.75, 3.05) is 6.26 Å². The monoisotopic (exact) mass is 245 g/mol. The number of nitrogens with zero attached hydrogens (tertiary/aromatic N) is 2. The molecular formula is C12H11N3OS. The molecule has 5 heteroatoms. The molecule has 0 saturated heterocycles. The third-order valence-electron chi connectivity index (χ3n) is 2.35. The van der Waals surface area contributed by atoms with E-state index in [-0.39, 0.29) is 0 Å². The van der Waals surface area contributed by atoms with Crippen LogP contribution in [-0.2, 0) is 16.6 Å². The first-order valence-electron chi connectivity index (χ1n) is 5.03. The van der Waals surface area contributed by atoms with Crippen molar-refractivity contribution in [3.63, 3.8) is 0 Å². The van der Waals surface area contributed by atoms with E-state index in [0.29, 0.717) is 11.3 Å². The number of hydrogen-bond donors (Lipinski definition) is 1. The summed E-state index contributed by atoms with van der Waals surface area (Å²) >= 11 is 0. The minimum absolute atomic E-state index is 0.422. The highest BCUT2D eigenvalue weighted by Crippen LogP contribution is 2.22. The van der Waals surface area contributed by atoms with Crippen molar-refractivity contribution in [3.8, 4) is 17.5 Å². The first kappa shape index (κ1) is 11.6. The van der Waals surface area contributed by atoms with E-state index in [0.717, 1.165) is 17.0 Å². The van der Waals surface area contributed by atoms with Crippen LogP contribution in [0.15, 0.2) is 30.6 Å². The Morgan fingerprint density at radius 3 is 2.94 bits per heavy atom. The molecule has 17 heavy (non-hydrogen) atoms. The smallest absolute Gasteiger partial charge is 0.137 e. The van der Waals surface area contributed by atoms with Gasteiger partial charge in [-0.1, -0.05) is 0 Å². The summed E-state index contributed by atoms with van der Waals surface area (Å²) in [4.78, 5) is 7.18. The zero-order chi connectivity index (χ0) is 12.3. The van der Waals surface area contributed by atoms with Gasteiger partial charge >= 0.3 is 0 Å². The van der Waals surface area contributed by atoms with E-state index >= 15 is 0 Å². The number of hydrogen-bond acceptors (Lipinski definition) is 3. The Hall–Kier alpha value is -1.93. The summed E-state index contributed by atoms with van der Waals surface area (Å²) in [5.41, 5.74) is 2.34. The molecule has 0 bridgehead atoms. The molecule has 0 aliphatic rings. The van der Waals surface area contributed by atoms with Crippen molar-refractivity contribution >= 4 is 10.8 Å². The van der Waals surface area contributed by atoms with Gasteiger partial charge in [0.2, 0.25) is 0 Å². The zero-order valence-corrected chi connectivity index (χ0v) is 10.1. The molecule has 0 spiro atoms. The van der Waals surface area contributed by atoms with Gasteiger partial charge in [0.15, 0.2) is 0 Å². The van der Waals surface area contributed by atoms with Crippen molar-refractivity contribution in [2.24, 2.45) is 0 Å². The van der Waals surface area contributed by atoms with Crippen molar-refractivity contribution in [1.82, 2.24) is 9.97 Å². The highest BCUT2D eigenvalue weighted by molar-refractivity contribution is 7.83. The maximum absolute atomic E-state index is 11.3. The second-order valence-electron chi connectivity index (χ2n) is 3.64. The van der Waals surface area contributed by atoms with Crippen LogP contribution in [0.4, 0.5) is 0 Å². The van der Waals surface area contributed by atoms with E-state index < -0.39 is 10.8 Å². The highest BCUT2D eigenvalue weighted by Gasteiger charge is 2.09. The van der Waals surface area contributed by atoms with Crippen LogP contribution in [-0.4, -0.2) is 20.4 Å². The Bertz CT molecular complexity index is 584. The van der Waals surface area contributed by atoms with E-state index in [1.54, 1.807) is 30.8 Å². The Labute approximate surface area is 102 Å². The molecule has 4 nitrogen and oxygen atoms in total. The third-order valence-corrected chi connectivity index (χ3v) is 3.06. The summed E-state index contributed by atoms with van der Waals surface area (Å²) in [7, 11) is -0.950. The van der Waals surface area contributed by atoms with Crippen molar-refractivity contribution in [2.45, 2.75) is 5.75 Å². The van der Waals surface area contributed by atoms with Crippen LogP contribution in [0.3, 0.4) is 0 Å². The Morgan fingerprint density at radius 1 is 1.53 bits per heavy atom. The molecule has 0 fully saturated rings. The van der Waals surface area contributed by atoms with Gasteiger partial charge in [0.25, 0.3) is 0 Å². The van der Waals surface area contributed by atoms with Gasteiger partial charge in [-0.3, -0.25) is 4.21 Å². The number of benzene rings is 1. The van der Waals surface area contributed by atoms with Gasteiger partial charge in [-0.05, 0) is 23.8 Å². The molecule has 1 unspecified atom stereocenters. The standard InChI is InChI=1S/C12H11N3OS/c1-17(16)8-10-6-9(7-13)2-3-11(10)12-14-4-5-15-12/h2-6H,8H2,1H3,(H,14,15). The minimum atomic E-state index is -0.950. The quantitative estimate of drug-likeness (QED) is 0.896. The minimum Gasteiger partial charge on any atom is -0.345 e. The van der Waals surface area contributed by atoms with Gasteiger partial charge in [-0.25, -0.2) is 4.98 Å². The van der Waals surface area contributed by atoms with Crippen LogP contribution in [0.5, 0.6) is 0 Å². The molecule has 86 valence electrons. The number of aromatic amines is 1. The fourth-order valence-electron chi connectivity index (χ4n) is 1.65. The van der Waals surface area contributed by atoms with Crippen LogP contribution >= 0.6 is 0 Å². The second-order valence-corrected chi connectivity index (χ2v) is 5.07. The first-order chi connectivity index (χ1) is 8.20. The lowest BCUT2D eigenvalue weighted by molar-refractivity contribution is 0.686. The molecule has 0 aliphatic carbocycles. The summed E-state index contributed by atoms with van der Waals surface area (Å²) in [5, 5.41) is 8.87. The molecule has 0 aliphatic heterocycles. The van der Waals surface area contributed by atoms with Crippen molar-refractivity contribution in [3.05, 3.63) is 41.7 Å². The second kappa shape index (κ2) is 4.93. The normalized spacial score (nSPS) is 12.0. The fraction of sp³-hybridized carbons (Fsp3) is 0.167. The van der Waals surface area contributed by atoms with Crippen LogP contribution in [0.1, 0.15) is 11.1 Å². The van der Waals surface area contributed by atoms with Crippen LogP contribution in [0, 0.1) is 11.3 Å². The van der Waals surface area contributed by atoms with Crippen molar-refractivity contribution < 1.29 is 4.21 Å². The molecule has 1 aromatic carbocycles. The lowest BCUT2D eigenvalue weighted by Crippen LogP contribution is -1.97. The lowest BCUT2D eigenvalue weighted by atomic mass is 10.1.